The van der Waals surface area contributed by atoms with Crippen molar-refractivity contribution in [3.05, 3.63) is 23.7 Å². The number of hydrogen-bond acceptors (Lipinski definition) is 3. The van der Waals surface area contributed by atoms with Crippen LogP contribution in [0, 0.1) is 0 Å². The molecule has 19 heavy (non-hydrogen) atoms. The predicted octanol–water partition coefficient (Wildman–Crippen LogP) is 2.92. The Morgan fingerprint density at radius 2 is 2.32 bits per heavy atom. The molecule has 0 aliphatic heterocycles. The van der Waals surface area contributed by atoms with Crippen LogP contribution in [0.2, 0.25) is 0 Å². The Morgan fingerprint density at radius 3 is 2.84 bits per heavy atom. The van der Waals surface area contributed by atoms with Crippen molar-refractivity contribution < 1.29 is 13.9 Å². The lowest BCUT2D eigenvalue weighted by Crippen LogP contribution is -2.56. The zero-order valence-electron chi connectivity index (χ0n) is 12.0. The number of nitrogens with one attached hydrogen (secondary N) is 1. The van der Waals surface area contributed by atoms with Crippen molar-refractivity contribution >= 4 is 5.91 Å². The molecule has 0 saturated heterocycles. The van der Waals surface area contributed by atoms with Gasteiger partial charge in [-0.15, -0.1) is 0 Å². The average Bonchev–Trinajstić information content (AvgIpc) is 2.77. The van der Waals surface area contributed by atoms with E-state index in [9.17, 15) is 4.79 Å². The van der Waals surface area contributed by atoms with Gasteiger partial charge >= 0.3 is 0 Å². The van der Waals surface area contributed by atoms with Crippen LogP contribution in [0.5, 0.6) is 0 Å². The third-order valence-electron chi connectivity index (χ3n) is 4.21. The van der Waals surface area contributed by atoms with Crippen LogP contribution in [0.4, 0.5) is 0 Å². The predicted molar refractivity (Wildman–Crippen MR) is 73.2 cm³/mol. The van der Waals surface area contributed by atoms with Crippen LogP contribution in [0.1, 0.15) is 55.6 Å². The molecule has 0 unspecified atom stereocenters. The molecule has 1 aromatic heterocycles. The molecule has 1 N–H and O–H groups in total. The van der Waals surface area contributed by atoms with Gasteiger partial charge in [-0.2, -0.15) is 0 Å². The number of amides is 1. The fourth-order valence-electron chi connectivity index (χ4n) is 2.71. The van der Waals surface area contributed by atoms with E-state index >= 15 is 0 Å². The number of carbonyl (C=O) groups is 1. The summed E-state index contributed by atoms with van der Waals surface area (Å²) in [7, 11) is 1.72. The minimum absolute atomic E-state index is 0.0168. The lowest BCUT2D eigenvalue weighted by molar-refractivity contribution is -0.0919. The van der Waals surface area contributed by atoms with Crippen molar-refractivity contribution in [1.82, 2.24) is 5.32 Å². The molecule has 1 aromatic rings. The summed E-state index contributed by atoms with van der Waals surface area (Å²) in [5.41, 5.74) is 0.476. The van der Waals surface area contributed by atoms with Gasteiger partial charge in [-0.25, -0.2) is 0 Å². The fraction of sp³-hybridized carbons (Fsp3) is 0.667. The van der Waals surface area contributed by atoms with Crippen LogP contribution < -0.4 is 5.32 Å². The Morgan fingerprint density at radius 1 is 1.58 bits per heavy atom. The molecule has 2 rings (SSSR count). The van der Waals surface area contributed by atoms with E-state index in [4.69, 9.17) is 9.15 Å². The minimum atomic E-state index is -0.176. The molecule has 1 atom stereocenters. The summed E-state index contributed by atoms with van der Waals surface area (Å²) < 4.78 is 11.0. The first-order valence-corrected chi connectivity index (χ1v) is 7.05. The Kier molecular flexibility index (Phi) is 4.30. The number of hydrogen-bond donors (Lipinski definition) is 1. The first-order valence-electron chi connectivity index (χ1n) is 7.05. The van der Waals surface area contributed by atoms with Gasteiger partial charge in [-0.1, -0.05) is 6.92 Å². The van der Waals surface area contributed by atoms with Crippen molar-refractivity contribution in [2.45, 2.75) is 57.6 Å². The van der Waals surface area contributed by atoms with E-state index in [0.717, 1.165) is 31.4 Å². The molecule has 1 aliphatic carbocycles. The highest BCUT2D eigenvalue weighted by Crippen LogP contribution is 2.38. The van der Waals surface area contributed by atoms with E-state index in [-0.39, 0.29) is 17.6 Å². The molecule has 0 bridgehead atoms. The second-order valence-electron chi connectivity index (χ2n) is 5.33. The number of aryl methyl sites for hydroxylation is 1. The third-order valence-corrected chi connectivity index (χ3v) is 4.21. The van der Waals surface area contributed by atoms with Crippen molar-refractivity contribution in [3.63, 3.8) is 0 Å². The molecule has 1 saturated carbocycles. The number of ether oxygens (including phenoxy) is 1. The van der Waals surface area contributed by atoms with Crippen LogP contribution >= 0.6 is 0 Å². The number of rotatable bonds is 6. The molecule has 0 aromatic carbocycles. The lowest BCUT2D eigenvalue weighted by Gasteiger charge is -2.45. The maximum absolute atomic E-state index is 12.3. The van der Waals surface area contributed by atoms with E-state index < -0.39 is 0 Å². The number of furan rings is 1. The standard InChI is InChI=1S/C15H23NO3/c1-4-6-13-12(7-10-19-13)14(17)16-11(2)15(18-3)8-5-9-15/h7,10-11H,4-6,8-9H2,1-3H3,(H,16,17)/t11-/m0/s1. The smallest absolute Gasteiger partial charge is 0.255 e. The van der Waals surface area contributed by atoms with Gasteiger partial charge in [-0.05, 0) is 38.7 Å². The second-order valence-corrected chi connectivity index (χ2v) is 5.33. The van der Waals surface area contributed by atoms with Crippen molar-refractivity contribution in [1.29, 1.82) is 0 Å². The summed E-state index contributed by atoms with van der Waals surface area (Å²) in [6, 6.07) is 1.76. The first-order chi connectivity index (χ1) is 9.13. The summed E-state index contributed by atoms with van der Waals surface area (Å²) in [6.07, 6.45) is 6.53. The summed E-state index contributed by atoms with van der Waals surface area (Å²) in [4.78, 5) is 12.3. The molecule has 1 amide bonds. The summed E-state index contributed by atoms with van der Waals surface area (Å²) in [6.45, 7) is 4.08. The SMILES string of the molecule is CCCc1occc1C(=O)N[C@@H](C)C1(OC)CCC1. The summed E-state index contributed by atoms with van der Waals surface area (Å²) in [5.74, 6) is 0.709. The van der Waals surface area contributed by atoms with Crippen molar-refractivity contribution in [3.8, 4) is 0 Å². The summed E-state index contributed by atoms with van der Waals surface area (Å²) >= 11 is 0. The molecule has 0 spiro atoms. The Labute approximate surface area is 114 Å². The Bertz CT molecular complexity index is 429. The van der Waals surface area contributed by atoms with Crippen LogP contribution in [-0.2, 0) is 11.2 Å². The highest BCUT2D eigenvalue weighted by atomic mass is 16.5. The van der Waals surface area contributed by atoms with Gasteiger partial charge in [-0.3, -0.25) is 4.79 Å². The molecule has 4 heteroatoms. The van der Waals surface area contributed by atoms with Crippen LogP contribution in [0.15, 0.2) is 16.7 Å². The molecular formula is C15H23NO3. The van der Waals surface area contributed by atoms with E-state index in [2.05, 4.69) is 12.2 Å². The number of carbonyl (C=O) groups excluding carboxylic acids is 1. The van der Waals surface area contributed by atoms with Crippen molar-refractivity contribution in [2.24, 2.45) is 0 Å². The maximum Gasteiger partial charge on any atom is 0.255 e. The maximum atomic E-state index is 12.3. The first kappa shape index (κ1) is 14.1. The Balaban J connectivity index is 2.02. The zero-order chi connectivity index (χ0) is 13.9. The van der Waals surface area contributed by atoms with Gasteiger partial charge < -0.3 is 14.5 Å². The second kappa shape index (κ2) is 5.78. The molecule has 106 valence electrons. The van der Waals surface area contributed by atoms with Gasteiger partial charge in [0.2, 0.25) is 0 Å². The van der Waals surface area contributed by atoms with Gasteiger partial charge in [0.1, 0.15) is 5.76 Å². The van der Waals surface area contributed by atoms with Gasteiger partial charge in [0, 0.05) is 13.5 Å². The minimum Gasteiger partial charge on any atom is -0.469 e. The Hall–Kier alpha value is -1.29. The van der Waals surface area contributed by atoms with Gasteiger partial charge in [0.15, 0.2) is 0 Å². The fourth-order valence-corrected chi connectivity index (χ4v) is 2.71. The highest BCUT2D eigenvalue weighted by molar-refractivity contribution is 5.95. The molecular weight excluding hydrogens is 242 g/mol. The highest BCUT2D eigenvalue weighted by Gasteiger charge is 2.43. The zero-order valence-corrected chi connectivity index (χ0v) is 12.0. The topological polar surface area (TPSA) is 51.5 Å². The molecule has 4 nitrogen and oxygen atoms in total. The van der Waals surface area contributed by atoms with Crippen LogP contribution in [0.3, 0.4) is 0 Å². The molecule has 1 fully saturated rings. The van der Waals surface area contributed by atoms with Gasteiger partial charge in [0.05, 0.1) is 23.5 Å². The number of methoxy groups -OCH3 is 1. The van der Waals surface area contributed by atoms with E-state index in [1.165, 1.54) is 6.42 Å². The monoisotopic (exact) mass is 265 g/mol. The van der Waals surface area contributed by atoms with Crippen molar-refractivity contribution in [2.75, 3.05) is 7.11 Å². The van der Waals surface area contributed by atoms with Gasteiger partial charge in [0.25, 0.3) is 5.91 Å². The van der Waals surface area contributed by atoms with Crippen LogP contribution in [0.25, 0.3) is 0 Å². The van der Waals surface area contributed by atoms with Crippen LogP contribution in [-0.4, -0.2) is 24.7 Å². The normalized spacial score (nSPS) is 18.7. The van der Waals surface area contributed by atoms with E-state index in [1.807, 2.05) is 6.92 Å². The molecule has 1 heterocycles. The van der Waals surface area contributed by atoms with E-state index in [1.54, 1.807) is 19.4 Å². The largest absolute Gasteiger partial charge is 0.469 e. The molecule has 0 radical (unpaired) electrons. The van der Waals surface area contributed by atoms with E-state index in [0.29, 0.717) is 5.56 Å². The quantitative estimate of drug-likeness (QED) is 0.860. The molecule has 1 aliphatic rings. The average molecular weight is 265 g/mol. The third kappa shape index (κ3) is 2.68. The lowest BCUT2D eigenvalue weighted by atomic mass is 9.75. The summed E-state index contributed by atoms with van der Waals surface area (Å²) in [5, 5.41) is 3.05.